The molecule has 0 fully saturated rings. The Morgan fingerprint density at radius 3 is 2.40 bits per heavy atom. The van der Waals surface area contributed by atoms with Gasteiger partial charge in [0.2, 0.25) is 0 Å². The van der Waals surface area contributed by atoms with Crippen molar-refractivity contribution in [2.45, 2.75) is 32.2 Å². The number of halogens is 4. The van der Waals surface area contributed by atoms with Crippen molar-refractivity contribution in [3.8, 4) is 0 Å². The van der Waals surface area contributed by atoms with Crippen molar-refractivity contribution >= 4 is 0 Å². The number of hydrogen-bond donors (Lipinski definition) is 2. The van der Waals surface area contributed by atoms with Gasteiger partial charge in [-0.15, -0.1) is 0 Å². The van der Waals surface area contributed by atoms with E-state index in [4.69, 9.17) is 5.84 Å². The van der Waals surface area contributed by atoms with Gasteiger partial charge < -0.3 is 4.74 Å². The molecule has 1 unspecified atom stereocenters. The zero-order valence-corrected chi connectivity index (χ0v) is 11.3. The van der Waals surface area contributed by atoms with E-state index in [-0.39, 0.29) is 6.61 Å². The van der Waals surface area contributed by atoms with Crippen LogP contribution < -0.4 is 11.3 Å². The normalized spacial score (nSPS) is 13.8. The Morgan fingerprint density at radius 1 is 1.25 bits per heavy atom. The average molecular weight is 294 g/mol. The fraction of sp³-hybridized carbons (Fsp3) is 0.538. The van der Waals surface area contributed by atoms with Gasteiger partial charge in [0.05, 0.1) is 12.6 Å². The third-order valence-corrected chi connectivity index (χ3v) is 3.03. The van der Waals surface area contributed by atoms with Crippen LogP contribution in [-0.2, 0) is 4.74 Å². The van der Waals surface area contributed by atoms with Crippen LogP contribution in [0.1, 0.15) is 22.7 Å². The molecule has 114 valence electrons. The third-order valence-electron chi connectivity index (χ3n) is 3.03. The van der Waals surface area contributed by atoms with Crippen LogP contribution in [0.15, 0.2) is 18.2 Å². The fourth-order valence-corrected chi connectivity index (χ4v) is 1.60. The zero-order valence-electron chi connectivity index (χ0n) is 11.3. The molecule has 0 amide bonds. The highest BCUT2D eigenvalue weighted by Gasteiger charge is 2.41. The highest BCUT2D eigenvalue weighted by molar-refractivity contribution is 5.31. The number of rotatable bonds is 7. The molecule has 0 saturated carbocycles. The lowest BCUT2D eigenvalue weighted by atomic mass is 10.0. The van der Waals surface area contributed by atoms with E-state index in [1.807, 2.05) is 26.0 Å². The van der Waals surface area contributed by atoms with Crippen molar-refractivity contribution in [1.82, 2.24) is 5.43 Å². The van der Waals surface area contributed by atoms with Gasteiger partial charge in [0, 0.05) is 0 Å². The smallest absolute Gasteiger partial charge is 0.330 e. The number of aryl methyl sites for hydroxylation is 2. The molecule has 7 heteroatoms. The molecule has 1 rings (SSSR count). The Bertz CT molecular complexity index is 440. The third kappa shape index (κ3) is 4.43. The summed E-state index contributed by atoms with van der Waals surface area (Å²) in [5, 5.41) is 0. The molecule has 0 radical (unpaired) electrons. The predicted molar refractivity (Wildman–Crippen MR) is 67.8 cm³/mol. The molecule has 0 spiro atoms. The van der Waals surface area contributed by atoms with Gasteiger partial charge in [0.1, 0.15) is 6.61 Å². The van der Waals surface area contributed by atoms with E-state index in [0.29, 0.717) is 0 Å². The second-order valence-corrected chi connectivity index (χ2v) is 4.64. The van der Waals surface area contributed by atoms with Gasteiger partial charge >= 0.3 is 12.3 Å². The summed E-state index contributed by atoms with van der Waals surface area (Å²) < 4.78 is 54.0. The Balaban J connectivity index is 2.62. The quantitative estimate of drug-likeness (QED) is 0.462. The second-order valence-electron chi connectivity index (χ2n) is 4.64. The first-order valence-corrected chi connectivity index (χ1v) is 6.05. The van der Waals surface area contributed by atoms with Gasteiger partial charge in [-0.1, -0.05) is 18.2 Å². The molecule has 3 N–H and O–H groups in total. The SMILES string of the molecule is Cc1ccc(C(COCC(F)(F)C(F)F)NN)cc1C. The molecule has 0 aromatic heterocycles. The van der Waals surface area contributed by atoms with Gasteiger partial charge in [-0.2, -0.15) is 8.78 Å². The summed E-state index contributed by atoms with van der Waals surface area (Å²) in [5.41, 5.74) is 5.26. The molecule has 0 heterocycles. The van der Waals surface area contributed by atoms with Crippen molar-refractivity contribution in [2.24, 2.45) is 5.84 Å². The van der Waals surface area contributed by atoms with E-state index in [0.717, 1.165) is 16.7 Å². The topological polar surface area (TPSA) is 47.3 Å². The van der Waals surface area contributed by atoms with Crippen LogP contribution in [0.3, 0.4) is 0 Å². The maximum absolute atomic E-state index is 12.7. The maximum Gasteiger partial charge on any atom is 0.330 e. The number of benzene rings is 1. The molecule has 0 aliphatic rings. The van der Waals surface area contributed by atoms with Crippen LogP contribution >= 0.6 is 0 Å². The summed E-state index contributed by atoms with van der Waals surface area (Å²) in [6, 6.07) is 4.95. The van der Waals surface area contributed by atoms with Crippen LogP contribution in [0.5, 0.6) is 0 Å². The molecule has 1 aromatic carbocycles. The molecule has 0 bridgehead atoms. The summed E-state index contributed by atoms with van der Waals surface area (Å²) in [6.45, 7) is 2.27. The highest BCUT2D eigenvalue weighted by Crippen LogP contribution is 2.24. The monoisotopic (exact) mass is 294 g/mol. The lowest BCUT2D eigenvalue weighted by Crippen LogP contribution is -2.36. The number of nitrogens with two attached hydrogens (primary N) is 1. The Hall–Kier alpha value is -1.18. The molecular formula is C13H18F4N2O. The Kier molecular flexibility index (Phi) is 5.91. The molecule has 3 nitrogen and oxygen atoms in total. The van der Waals surface area contributed by atoms with Crippen LogP contribution in [0, 0.1) is 13.8 Å². The Morgan fingerprint density at radius 2 is 1.90 bits per heavy atom. The van der Waals surface area contributed by atoms with Crippen LogP contribution in [-0.4, -0.2) is 25.6 Å². The minimum atomic E-state index is -4.15. The summed E-state index contributed by atoms with van der Waals surface area (Å²) in [4.78, 5) is 0. The maximum atomic E-state index is 12.7. The van der Waals surface area contributed by atoms with Crippen LogP contribution in [0.2, 0.25) is 0 Å². The van der Waals surface area contributed by atoms with Gasteiger partial charge in [-0.25, -0.2) is 8.78 Å². The van der Waals surface area contributed by atoms with Crippen molar-refractivity contribution < 1.29 is 22.3 Å². The van der Waals surface area contributed by atoms with E-state index in [9.17, 15) is 17.6 Å². The van der Waals surface area contributed by atoms with Gasteiger partial charge in [0.25, 0.3) is 0 Å². The minimum absolute atomic E-state index is 0.221. The number of alkyl halides is 4. The van der Waals surface area contributed by atoms with E-state index in [1.54, 1.807) is 6.07 Å². The molecule has 0 saturated heterocycles. The first-order chi connectivity index (χ1) is 9.27. The second kappa shape index (κ2) is 7.01. The number of nitrogens with one attached hydrogen (secondary N) is 1. The predicted octanol–water partition coefficient (Wildman–Crippen LogP) is 2.72. The van der Waals surface area contributed by atoms with E-state index in [1.165, 1.54) is 0 Å². The number of hydrogen-bond acceptors (Lipinski definition) is 3. The first kappa shape index (κ1) is 16.9. The van der Waals surface area contributed by atoms with Crippen molar-refractivity contribution in [1.29, 1.82) is 0 Å². The lowest BCUT2D eigenvalue weighted by Gasteiger charge is -2.20. The average Bonchev–Trinajstić information content (AvgIpc) is 2.38. The van der Waals surface area contributed by atoms with E-state index < -0.39 is 25.0 Å². The summed E-state index contributed by atoms with van der Waals surface area (Å²) in [6.07, 6.45) is -3.74. The standard InChI is InChI=1S/C13H18F4N2O/c1-8-3-4-10(5-9(8)2)11(19-18)6-20-7-13(16,17)12(14)15/h3-5,11-12,19H,6-7,18H2,1-2H3. The lowest BCUT2D eigenvalue weighted by molar-refractivity contribution is -0.167. The summed E-state index contributed by atoms with van der Waals surface area (Å²) in [7, 11) is 0. The molecule has 1 atom stereocenters. The molecule has 0 aliphatic heterocycles. The van der Waals surface area contributed by atoms with Gasteiger partial charge in [-0.05, 0) is 30.5 Å². The van der Waals surface area contributed by atoms with Crippen molar-refractivity contribution in [3.05, 3.63) is 34.9 Å². The zero-order chi connectivity index (χ0) is 15.3. The molecule has 20 heavy (non-hydrogen) atoms. The molecule has 0 aliphatic carbocycles. The summed E-state index contributed by atoms with van der Waals surface area (Å²) >= 11 is 0. The van der Waals surface area contributed by atoms with Crippen LogP contribution in [0.4, 0.5) is 17.6 Å². The highest BCUT2D eigenvalue weighted by atomic mass is 19.3. The molecule has 1 aromatic rings. The van der Waals surface area contributed by atoms with Gasteiger partial charge in [-0.3, -0.25) is 11.3 Å². The van der Waals surface area contributed by atoms with Crippen LogP contribution in [0.25, 0.3) is 0 Å². The largest absolute Gasteiger partial charge is 0.373 e. The van der Waals surface area contributed by atoms with Crippen molar-refractivity contribution in [2.75, 3.05) is 13.2 Å². The molecular weight excluding hydrogens is 276 g/mol. The van der Waals surface area contributed by atoms with Crippen molar-refractivity contribution in [3.63, 3.8) is 0 Å². The van der Waals surface area contributed by atoms with Gasteiger partial charge in [0.15, 0.2) is 0 Å². The van der Waals surface area contributed by atoms with E-state index in [2.05, 4.69) is 10.2 Å². The number of hydrazine groups is 1. The number of ether oxygens (including phenoxy) is 1. The first-order valence-electron chi connectivity index (χ1n) is 6.05. The Labute approximate surface area is 115 Å². The minimum Gasteiger partial charge on any atom is -0.373 e. The fourth-order valence-electron chi connectivity index (χ4n) is 1.60. The van der Waals surface area contributed by atoms with E-state index >= 15 is 0 Å². The summed E-state index contributed by atoms with van der Waals surface area (Å²) in [5.74, 6) is 1.19.